The zero-order valence-electron chi connectivity index (χ0n) is 19.1. The first-order valence-corrected chi connectivity index (χ1v) is 11.8. The number of nitrogens with one attached hydrogen (secondary N) is 1. The molecule has 1 saturated heterocycles. The van der Waals surface area contributed by atoms with Gasteiger partial charge in [-0.15, -0.1) is 0 Å². The van der Waals surface area contributed by atoms with Crippen molar-refractivity contribution in [2.24, 2.45) is 0 Å². The lowest BCUT2D eigenvalue weighted by atomic mass is 9.97. The van der Waals surface area contributed by atoms with E-state index in [2.05, 4.69) is 34.6 Å². The molecule has 176 valence electrons. The molecule has 0 saturated carbocycles. The van der Waals surface area contributed by atoms with Gasteiger partial charge >= 0.3 is 0 Å². The van der Waals surface area contributed by atoms with Crippen molar-refractivity contribution >= 4 is 34.8 Å². The maximum absolute atomic E-state index is 11.7. The maximum Gasteiger partial charge on any atom is 0.229 e. The molecule has 0 amide bonds. The Hall–Kier alpha value is -3.91. The number of Topliss-reactive ketones (excluding diaryl/α,β-unsaturated/α-hetero) is 1. The number of halogens is 1. The number of carbonyl (C=O) groups is 1. The summed E-state index contributed by atoms with van der Waals surface area (Å²) in [5.41, 5.74) is 5.01. The number of ether oxygens (including phenoxy) is 1. The highest BCUT2D eigenvalue weighted by molar-refractivity contribution is 6.29. The van der Waals surface area contributed by atoms with Gasteiger partial charge in [-0.25, -0.2) is 9.97 Å². The summed E-state index contributed by atoms with van der Waals surface area (Å²) in [6.45, 7) is 0.795. The van der Waals surface area contributed by atoms with E-state index in [4.69, 9.17) is 26.3 Å². The van der Waals surface area contributed by atoms with Crippen LogP contribution in [0.2, 0.25) is 5.15 Å². The predicted molar refractivity (Wildman–Crippen MR) is 134 cm³/mol. The Labute approximate surface area is 207 Å². The van der Waals surface area contributed by atoms with Crippen molar-refractivity contribution < 1.29 is 9.53 Å². The number of rotatable bonds is 6. The number of ketones is 1. The largest absolute Gasteiger partial charge is 0.494 e. The Morgan fingerprint density at radius 2 is 1.94 bits per heavy atom. The number of imidazole rings is 1. The SMILES string of the molecule is COc1cc(Nc2nc3c(c(N4CC(=O)C4)n2)CCC3c2ccccc2)ccc1-n1cnc(Cl)c1. The van der Waals surface area contributed by atoms with Crippen LogP contribution < -0.4 is 15.0 Å². The topological polar surface area (TPSA) is 85.2 Å². The Morgan fingerprint density at radius 3 is 2.66 bits per heavy atom. The smallest absolute Gasteiger partial charge is 0.229 e. The summed E-state index contributed by atoms with van der Waals surface area (Å²) in [5.74, 6) is 2.44. The summed E-state index contributed by atoms with van der Waals surface area (Å²) in [7, 11) is 1.62. The number of methoxy groups -OCH3 is 1. The summed E-state index contributed by atoms with van der Waals surface area (Å²) in [4.78, 5) is 27.7. The number of hydrogen-bond acceptors (Lipinski definition) is 7. The molecule has 0 bridgehead atoms. The first-order chi connectivity index (χ1) is 17.1. The molecule has 3 heterocycles. The molecular weight excluding hydrogens is 464 g/mol. The summed E-state index contributed by atoms with van der Waals surface area (Å²) in [6, 6.07) is 16.2. The van der Waals surface area contributed by atoms with E-state index in [-0.39, 0.29) is 11.7 Å². The maximum atomic E-state index is 11.7. The molecule has 0 spiro atoms. The van der Waals surface area contributed by atoms with E-state index in [9.17, 15) is 4.79 Å². The van der Waals surface area contributed by atoms with Crippen LogP contribution in [0.4, 0.5) is 17.5 Å². The third-order valence-corrected chi connectivity index (χ3v) is 6.73. The average Bonchev–Trinajstić information content (AvgIpc) is 3.48. The van der Waals surface area contributed by atoms with Crippen molar-refractivity contribution in [3.8, 4) is 11.4 Å². The lowest BCUT2D eigenvalue weighted by molar-refractivity contribution is -0.119. The highest BCUT2D eigenvalue weighted by atomic mass is 35.5. The number of carbonyl (C=O) groups excluding carboxylic acids is 1. The van der Waals surface area contributed by atoms with Crippen LogP contribution in [0.5, 0.6) is 5.75 Å². The number of anilines is 3. The van der Waals surface area contributed by atoms with Crippen LogP contribution in [-0.4, -0.2) is 45.5 Å². The van der Waals surface area contributed by atoms with Crippen molar-refractivity contribution in [2.75, 3.05) is 30.4 Å². The Balaban J connectivity index is 1.37. The van der Waals surface area contributed by atoms with E-state index >= 15 is 0 Å². The fourth-order valence-electron chi connectivity index (χ4n) is 4.83. The summed E-state index contributed by atoms with van der Waals surface area (Å²) in [6.07, 6.45) is 5.23. The summed E-state index contributed by atoms with van der Waals surface area (Å²) in [5, 5.41) is 3.76. The quantitative estimate of drug-likeness (QED) is 0.428. The van der Waals surface area contributed by atoms with Gasteiger partial charge in [0.1, 0.15) is 23.0 Å². The minimum Gasteiger partial charge on any atom is -0.494 e. The highest BCUT2D eigenvalue weighted by Gasteiger charge is 2.34. The molecule has 8 nitrogen and oxygen atoms in total. The second kappa shape index (κ2) is 8.70. The van der Waals surface area contributed by atoms with Gasteiger partial charge in [-0.05, 0) is 30.5 Å². The third-order valence-electron chi connectivity index (χ3n) is 6.53. The van der Waals surface area contributed by atoms with Crippen LogP contribution in [-0.2, 0) is 11.2 Å². The van der Waals surface area contributed by atoms with Crippen LogP contribution >= 0.6 is 11.6 Å². The molecule has 2 aromatic heterocycles. The molecule has 2 aromatic carbocycles. The lowest BCUT2D eigenvalue weighted by Gasteiger charge is -2.32. The highest BCUT2D eigenvalue weighted by Crippen LogP contribution is 2.42. The molecular formula is C26H23ClN6O2. The molecule has 6 rings (SSSR count). The number of nitrogens with zero attached hydrogens (tertiary/aromatic N) is 5. The first kappa shape index (κ1) is 21.6. The molecule has 1 atom stereocenters. The lowest BCUT2D eigenvalue weighted by Crippen LogP contribution is -2.48. The number of hydrogen-bond donors (Lipinski definition) is 1. The van der Waals surface area contributed by atoms with Gasteiger partial charge in [-0.2, -0.15) is 4.98 Å². The predicted octanol–water partition coefficient (Wildman–Crippen LogP) is 4.54. The first-order valence-electron chi connectivity index (χ1n) is 11.5. The van der Waals surface area contributed by atoms with Crippen LogP contribution in [0.25, 0.3) is 5.69 Å². The van der Waals surface area contributed by atoms with E-state index in [1.54, 1.807) is 24.2 Å². The minimum absolute atomic E-state index is 0.202. The van der Waals surface area contributed by atoms with Crippen LogP contribution in [0.1, 0.15) is 29.2 Å². The zero-order chi connectivity index (χ0) is 23.9. The van der Waals surface area contributed by atoms with Crippen LogP contribution in [0.15, 0.2) is 61.1 Å². The van der Waals surface area contributed by atoms with Crippen molar-refractivity contribution in [1.82, 2.24) is 19.5 Å². The molecule has 1 aliphatic carbocycles. The van der Waals surface area contributed by atoms with Crippen molar-refractivity contribution in [3.63, 3.8) is 0 Å². The van der Waals surface area contributed by atoms with Gasteiger partial charge in [-0.3, -0.25) is 4.79 Å². The molecule has 0 radical (unpaired) electrons. The van der Waals surface area contributed by atoms with E-state index in [1.165, 1.54) is 5.56 Å². The van der Waals surface area contributed by atoms with Crippen LogP contribution in [0.3, 0.4) is 0 Å². The average molecular weight is 487 g/mol. The van der Waals surface area contributed by atoms with Crippen molar-refractivity contribution in [1.29, 1.82) is 0 Å². The Morgan fingerprint density at radius 1 is 1.11 bits per heavy atom. The normalized spacial score (nSPS) is 16.7. The van der Waals surface area contributed by atoms with E-state index in [0.29, 0.717) is 29.9 Å². The molecule has 1 N–H and O–H groups in total. The van der Waals surface area contributed by atoms with Gasteiger partial charge in [-0.1, -0.05) is 41.9 Å². The Bertz CT molecular complexity index is 1410. The summed E-state index contributed by atoms with van der Waals surface area (Å²) < 4.78 is 7.42. The fraction of sp³-hybridized carbons (Fsp3) is 0.231. The Kier molecular flexibility index (Phi) is 5.37. The second-order valence-corrected chi connectivity index (χ2v) is 9.13. The monoisotopic (exact) mass is 486 g/mol. The van der Waals surface area contributed by atoms with Gasteiger partial charge in [0.15, 0.2) is 5.78 Å². The molecule has 9 heteroatoms. The second-order valence-electron chi connectivity index (χ2n) is 8.75. The zero-order valence-corrected chi connectivity index (χ0v) is 19.9. The molecule has 2 aliphatic rings. The van der Waals surface area contributed by atoms with E-state index in [0.717, 1.165) is 41.3 Å². The van der Waals surface area contributed by atoms with Crippen molar-refractivity contribution in [3.05, 3.63) is 83.0 Å². The minimum atomic E-state index is 0.202. The van der Waals surface area contributed by atoms with Gasteiger partial charge < -0.3 is 19.5 Å². The van der Waals surface area contributed by atoms with E-state index < -0.39 is 0 Å². The van der Waals surface area contributed by atoms with Gasteiger partial charge in [0.05, 0.1) is 31.6 Å². The van der Waals surface area contributed by atoms with Gasteiger partial charge in [0.25, 0.3) is 0 Å². The molecule has 1 aliphatic heterocycles. The molecule has 1 unspecified atom stereocenters. The molecule has 35 heavy (non-hydrogen) atoms. The third kappa shape index (κ3) is 4.00. The number of fused-ring (bicyclic) bond motifs is 1. The van der Waals surface area contributed by atoms with Crippen LogP contribution in [0, 0.1) is 0 Å². The van der Waals surface area contributed by atoms with Gasteiger partial charge in [0, 0.05) is 29.4 Å². The van der Waals surface area contributed by atoms with Crippen molar-refractivity contribution in [2.45, 2.75) is 18.8 Å². The standard InChI is InChI=1S/C26H23ClN6O2/c1-35-22-11-17(7-10-21(22)33-14-23(27)28-15-33)29-26-30-24-19(16-5-3-2-4-6-16)8-9-20(24)25(31-26)32-12-18(34)13-32/h2-7,10-11,14-15,19H,8-9,12-13H2,1H3,(H,29,30,31). The fourth-order valence-corrected chi connectivity index (χ4v) is 4.98. The molecule has 4 aromatic rings. The number of aromatic nitrogens is 4. The van der Waals surface area contributed by atoms with Gasteiger partial charge in [0.2, 0.25) is 5.95 Å². The summed E-state index contributed by atoms with van der Waals surface area (Å²) >= 11 is 5.99. The van der Waals surface area contributed by atoms with E-state index in [1.807, 2.05) is 29.2 Å². The number of benzene rings is 2. The molecule has 1 fully saturated rings.